The lowest BCUT2D eigenvalue weighted by Gasteiger charge is -2.26. The van der Waals surface area contributed by atoms with Crippen molar-refractivity contribution in [3.05, 3.63) is 120 Å². The summed E-state index contributed by atoms with van der Waals surface area (Å²) in [5.74, 6) is 1.01. The summed E-state index contributed by atoms with van der Waals surface area (Å²) in [6.07, 6.45) is 1.64. The van der Waals surface area contributed by atoms with Crippen molar-refractivity contribution in [2.24, 2.45) is 4.99 Å². The van der Waals surface area contributed by atoms with Crippen molar-refractivity contribution < 1.29 is 23.7 Å². The van der Waals surface area contributed by atoms with Gasteiger partial charge in [0.05, 0.1) is 47.3 Å². The molecule has 2 heterocycles. The number of thiazole rings is 1. The van der Waals surface area contributed by atoms with Gasteiger partial charge in [-0.1, -0.05) is 53.8 Å². The van der Waals surface area contributed by atoms with Crippen molar-refractivity contribution in [1.82, 2.24) is 4.57 Å². The summed E-state index contributed by atoms with van der Waals surface area (Å²) in [5.41, 5.74) is 3.15. The van der Waals surface area contributed by atoms with E-state index >= 15 is 0 Å². The number of ether oxygens (including phenoxy) is 4. The number of aromatic nitrogens is 1. The number of nitriles is 1. The van der Waals surface area contributed by atoms with Crippen LogP contribution >= 0.6 is 11.3 Å². The predicted octanol–water partition coefficient (Wildman–Crippen LogP) is 5.04. The summed E-state index contributed by atoms with van der Waals surface area (Å²) < 4.78 is 25.1. The van der Waals surface area contributed by atoms with Crippen molar-refractivity contribution in [1.29, 1.82) is 5.26 Å². The van der Waals surface area contributed by atoms with Crippen LogP contribution in [0.5, 0.6) is 17.2 Å². The molecule has 9 nitrogen and oxygen atoms in total. The van der Waals surface area contributed by atoms with Gasteiger partial charge in [-0.25, -0.2) is 9.79 Å². The maximum Gasteiger partial charge on any atom is 0.338 e. The largest absolute Gasteiger partial charge is 0.493 e. The third kappa shape index (κ3) is 6.54. The fourth-order valence-electron chi connectivity index (χ4n) is 5.11. The van der Waals surface area contributed by atoms with Crippen molar-refractivity contribution in [2.45, 2.75) is 46.4 Å². The summed E-state index contributed by atoms with van der Waals surface area (Å²) >= 11 is 1.23. The van der Waals surface area contributed by atoms with Gasteiger partial charge in [-0.05, 0) is 63.6 Å². The Labute approximate surface area is 264 Å². The molecule has 230 valence electrons. The van der Waals surface area contributed by atoms with E-state index < -0.39 is 12.0 Å². The number of para-hydroxylation sites is 1. The zero-order chi connectivity index (χ0) is 32.1. The average molecular weight is 624 g/mol. The average Bonchev–Trinajstić information content (AvgIpc) is 3.33. The molecule has 1 aliphatic rings. The zero-order valence-electron chi connectivity index (χ0n) is 25.7. The Balaban J connectivity index is 1.57. The Kier molecular flexibility index (Phi) is 9.50. The fraction of sp³-hybridized carbons (Fsp3) is 0.257. The molecule has 0 saturated heterocycles. The lowest BCUT2D eigenvalue weighted by molar-refractivity contribution is -0.139. The molecule has 10 heteroatoms. The maximum absolute atomic E-state index is 14.1. The van der Waals surface area contributed by atoms with Crippen molar-refractivity contribution in [3.8, 4) is 23.3 Å². The van der Waals surface area contributed by atoms with Crippen LogP contribution < -0.4 is 29.1 Å². The van der Waals surface area contributed by atoms with Gasteiger partial charge in [0.2, 0.25) is 0 Å². The number of hydrogen-bond acceptors (Lipinski definition) is 9. The Bertz CT molecular complexity index is 2000. The second kappa shape index (κ2) is 13.7. The van der Waals surface area contributed by atoms with E-state index in [-0.39, 0.29) is 30.5 Å². The summed E-state index contributed by atoms with van der Waals surface area (Å²) in [4.78, 5) is 32.5. The van der Waals surface area contributed by atoms with E-state index in [0.29, 0.717) is 49.0 Å². The molecular weight excluding hydrogens is 590 g/mol. The van der Waals surface area contributed by atoms with Gasteiger partial charge in [0.25, 0.3) is 5.56 Å². The molecule has 45 heavy (non-hydrogen) atoms. The highest BCUT2D eigenvalue weighted by atomic mass is 32.1. The third-order valence-electron chi connectivity index (χ3n) is 7.10. The Morgan fingerprint density at radius 1 is 1.09 bits per heavy atom. The van der Waals surface area contributed by atoms with Gasteiger partial charge < -0.3 is 18.9 Å². The van der Waals surface area contributed by atoms with Gasteiger partial charge in [0, 0.05) is 11.1 Å². The zero-order valence-corrected chi connectivity index (χ0v) is 26.5. The SMILES string of the molecule is CCOC(=O)C1=C(C)N=c2s/c(=C/c3ccc(OCc4ccccc4C#N)c(OC)c3)c(=O)n2[C@@H]1c1ccccc1OC(C)C. The quantitative estimate of drug-likeness (QED) is 0.228. The Hall–Kier alpha value is -5.14. The van der Waals surface area contributed by atoms with Crippen LogP contribution in [0.3, 0.4) is 0 Å². The summed E-state index contributed by atoms with van der Waals surface area (Å²) in [6, 6.07) is 21.4. The molecule has 3 aromatic carbocycles. The number of methoxy groups -OCH3 is 1. The first kappa shape index (κ1) is 31.3. The topological polar surface area (TPSA) is 112 Å². The van der Waals surface area contributed by atoms with E-state index in [1.54, 1.807) is 55.9 Å². The molecule has 0 unspecified atom stereocenters. The van der Waals surface area contributed by atoms with Crippen LogP contribution in [0.4, 0.5) is 0 Å². The fourth-order valence-corrected chi connectivity index (χ4v) is 6.16. The number of carbonyl (C=O) groups excluding carboxylic acids is 1. The first-order valence-corrected chi connectivity index (χ1v) is 15.3. The van der Waals surface area contributed by atoms with Crippen LogP contribution in [-0.2, 0) is 16.1 Å². The molecule has 1 atom stereocenters. The van der Waals surface area contributed by atoms with Gasteiger partial charge >= 0.3 is 5.97 Å². The maximum atomic E-state index is 14.1. The number of esters is 1. The van der Waals surface area contributed by atoms with Crippen molar-refractivity contribution >= 4 is 23.4 Å². The van der Waals surface area contributed by atoms with Crippen LogP contribution in [0.1, 0.15) is 56.0 Å². The molecule has 0 N–H and O–H groups in total. The molecule has 1 aromatic heterocycles. The molecule has 0 aliphatic carbocycles. The number of carbonyl (C=O) groups is 1. The van der Waals surface area contributed by atoms with Crippen LogP contribution in [0.2, 0.25) is 0 Å². The van der Waals surface area contributed by atoms with E-state index in [4.69, 9.17) is 18.9 Å². The standard InChI is InChI=1S/C35H33N3O6S/c1-6-42-34(40)31-22(4)37-35-38(32(31)26-13-9-10-14-27(26)44-21(2)3)33(39)30(45-35)18-23-15-16-28(29(17-23)41-5)43-20-25-12-8-7-11-24(25)19-36/h7-18,21,32H,6,20H2,1-5H3/b30-18+/t32-/m1/s1. The van der Waals surface area contributed by atoms with Crippen LogP contribution in [0.15, 0.2) is 87.8 Å². The first-order chi connectivity index (χ1) is 21.7. The van der Waals surface area contributed by atoms with Crippen LogP contribution in [0.25, 0.3) is 6.08 Å². The summed E-state index contributed by atoms with van der Waals surface area (Å²) in [6.45, 7) is 7.72. The number of rotatable bonds is 10. The van der Waals surface area contributed by atoms with E-state index in [2.05, 4.69) is 11.1 Å². The van der Waals surface area contributed by atoms with E-state index in [1.807, 2.05) is 56.3 Å². The van der Waals surface area contributed by atoms with E-state index in [9.17, 15) is 14.9 Å². The van der Waals surface area contributed by atoms with Crippen molar-refractivity contribution in [3.63, 3.8) is 0 Å². The van der Waals surface area contributed by atoms with E-state index in [1.165, 1.54) is 11.3 Å². The molecular formula is C35H33N3O6S. The molecule has 5 rings (SSSR count). The number of benzene rings is 3. The molecule has 0 spiro atoms. The molecule has 1 aliphatic heterocycles. The lowest BCUT2D eigenvalue weighted by atomic mass is 9.95. The Morgan fingerprint density at radius 2 is 1.84 bits per heavy atom. The molecule has 0 fully saturated rings. The van der Waals surface area contributed by atoms with Gasteiger partial charge in [-0.15, -0.1) is 0 Å². The third-order valence-corrected chi connectivity index (χ3v) is 8.08. The van der Waals surface area contributed by atoms with Gasteiger partial charge in [-0.2, -0.15) is 5.26 Å². The van der Waals surface area contributed by atoms with Crippen LogP contribution in [0, 0.1) is 11.3 Å². The molecule has 0 saturated carbocycles. The second-order valence-corrected chi connectivity index (χ2v) is 11.5. The minimum absolute atomic E-state index is 0.124. The molecule has 0 amide bonds. The molecule has 0 radical (unpaired) electrons. The monoisotopic (exact) mass is 623 g/mol. The first-order valence-electron chi connectivity index (χ1n) is 14.5. The van der Waals surface area contributed by atoms with Gasteiger partial charge in [0.1, 0.15) is 18.4 Å². The molecule has 4 aromatic rings. The predicted molar refractivity (Wildman–Crippen MR) is 171 cm³/mol. The minimum Gasteiger partial charge on any atom is -0.493 e. The number of hydrogen-bond donors (Lipinski definition) is 0. The highest BCUT2D eigenvalue weighted by Gasteiger charge is 2.35. The minimum atomic E-state index is -0.793. The lowest BCUT2D eigenvalue weighted by Crippen LogP contribution is -2.40. The van der Waals surface area contributed by atoms with Gasteiger partial charge in [-0.3, -0.25) is 9.36 Å². The van der Waals surface area contributed by atoms with Crippen LogP contribution in [-0.4, -0.2) is 30.4 Å². The summed E-state index contributed by atoms with van der Waals surface area (Å²) in [7, 11) is 1.54. The highest BCUT2D eigenvalue weighted by molar-refractivity contribution is 7.07. The Morgan fingerprint density at radius 3 is 2.58 bits per heavy atom. The second-order valence-electron chi connectivity index (χ2n) is 10.5. The van der Waals surface area contributed by atoms with Crippen molar-refractivity contribution in [2.75, 3.05) is 13.7 Å². The van der Waals surface area contributed by atoms with Gasteiger partial charge in [0.15, 0.2) is 16.3 Å². The normalized spacial score (nSPS) is 14.4. The number of allylic oxidation sites excluding steroid dienone is 1. The highest BCUT2D eigenvalue weighted by Crippen LogP contribution is 2.36. The molecule has 0 bridgehead atoms. The number of fused-ring (bicyclic) bond motifs is 1. The van der Waals surface area contributed by atoms with E-state index in [0.717, 1.165) is 5.56 Å². The smallest absolute Gasteiger partial charge is 0.338 e. The number of nitrogens with zero attached hydrogens (tertiary/aromatic N) is 3. The summed E-state index contributed by atoms with van der Waals surface area (Å²) in [5, 5.41) is 9.39.